The number of hydrogen-bond donors (Lipinski definition) is 0. The van der Waals surface area contributed by atoms with E-state index in [1.54, 1.807) is 30.3 Å². The minimum atomic E-state index is -1.41. The Balaban J connectivity index is 1.28. The van der Waals surface area contributed by atoms with Crippen LogP contribution in [0.2, 0.25) is 0 Å². The molecule has 0 saturated carbocycles. The first-order valence-corrected chi connectivity index (χ1v) is 14.9. The Bertz CT molecular complexity index is 1720. The lowest BCUT2D eigenvalue weighted by Gasteiger charge is -2.54. The van der Waals surface area contributed by atoms with Gasteiger partial charge in [-0.15, -0.1) is 23.2 Å². The molecule has 0 radical (unpaired) electrons. The van der Waals surface area contributed by atoms with E-state index < -0.39 is 63.6 Å². The molecule has 9 heteroatoms. The van der Waals surface area contributed by atoms with E-state index in [4.69, 9.17) is 27.9 Å². The third kappa shape index (κ3) is 3.99. The van der Waals surface area contributed by atoms with Crippen LogP contribution in [0.1, 0.15) is 38.2 Å². The van der Waals surface area contributed by atoms with Crippen LogP contribution in [0.15, 0.2) is 103 Å². The largest absolute Gasteiger partial charge is 0.456 e. The summed E-state index contributed by atoms with van der Waals surface area (Å²) in [4.78, 5) is 53.6. The summed E-state index contributed by atoms with van der Waals surface area (Å²) >= 11 is 15.1. The SMILES string of the molecule is O=C(COC(=O)[C@@H](Cc1ccccc1)N1C(=O)[C@@H]2[C@H](C1=O)C1(Cl)c3ccccc3C2(Cl)c2ccccc21)c1ccc(F)cc1. The first kappa shape index (κ1) is 28.4. The van der Waals surface area contributed by atoms with Gasteiger partial charge in [-0.25, -0.2) is 9.18 Å². The van der Waals surface area contributed by atoms with Gasteiger partial charge in [0.1, 0.15) is 21.6 Å². The van der Waals surface area contributed by atoms with Crippen molar-refractivity contribution < 1.29 is 28.3 Å². The molecule has 0 aromatic heterocycles. The van der Waals surface area contributed by atoms with Crippen LogP contribution >= 0.6 is 23.2 Å². The van der Waals surface area contributed by atoms with E-state index >= 15 is 0 Å². The third-order valence-corrected chi connectivity index (χ3v) is 10.3. The van der Waals surface area contributed by atoms with Crippen molar-refractivity contribution >= 4 is 46.8 Å². The Labute approximate surface area is 262 Å². The van der Waals surface area contributed by atoms with Crippen molar-refractivity contribution in [2.45, 2.75) is 22.2 Å². The Hall–Kier alpha value is -4.33. The summed E-state index contributed by atoms with van der Waals surface area (Å²) in [6, 6.07) is 26.9. The molecule has 1 heterocycles. The quantitative estimate of drug-likeness (QED) is 0.113. The topological polar surface area (TPSA) is 80.8 Å². The standard InChI is InChI=1S/C35H24Cl2FNO5/c36-34-23-10-4-5-11-24(23)35(37,26-13-7-6-12-25(26)34)30-29(34)31(41)39(32(30)42)27(18-20-8-2-1-3-9-20)33(43)44-19-28(40)21-14-16-22(38)17-15-21/h1-17,27,29-30H,18-19H2/t27-,29-,30+,34?,35?/m1/s1. The Morgan fingerprint density at radius 1 is 0.727 bits per heavy atom. The molecule has 4 aliphatic rings. The number of halogens is 3. The molecular formula is C35H24Cl2FNO5. The van der Waals surface area contributed by atoms with E-state index in [-0.39, 0.29) is 12.0 Å². The second-order valence-electron chi connectivity index (χ2n) is 11.3. The average Bonchev–Trinajstić information content (AvgIpc) is 3.32. The Kier molecular flexibility index (Phi) is 6.72. The minimum absolute atomic E-state index is 0.0498. The second kappa shape index (κ2) is 10.4. The molecule has 0 spiro atoms. The van der Waals surface area contributed by atoms with E-state index in [2.05, 4.69) is 0 Å². The van der Waals surface area contributed by atoms with Crippen LogP contribution in [0.25, 0.3) is 0 Å². The zero-order valence-corrected chi connectivity index (χ0v) is 24.6. The number of esters is 1. The summed E-state index contributed by atoms with van der Waals surface area (Å²) < 4.78 is 18.8. The van der Waals surface area contributed by atoms with Gasteiger partial charge in [-0.1, -0.05) is 78.9 Å². The fourth-order valence-corrected chi connectivity index (χ4v) is 8.16. The molecule has 8 rings (SSSR count). The minimum Gasteiger partial charge on any atom is -0.456 e. The highest BCUT2D eigenvalue weighted by molar-refractivity contribution is 6.36. The van der Waals surface area contributed by atoms with Crippen molar-refractivity contribution in [1.29, 1.82) is 0 Å². The molecule has 1 aliphatic heterocycles. The van der Waals surface area contributed by atoms with E-state index in [1.165, 1.54) is 12.1 Å². The summed E-state index contributed by atoms with van der Waals surface area (Å²) in [6.45, 7) is -0.658. The highest BCUT2D eigenvalue weighted by Crippen LogP contribution is 2.69. The van der Waals surface area contributed by atoms with Crippen LogP contribution in [0.5, 0.6) is 0 Å². The number of carbonyl (C=O) groups excluding carboxylic acids is 4. The van der Waals surface area contributed by atoms with Crippen LogP contribution in [0.3, 0.4) is 0 Å². The fraction of sp³-hybridized carbons (Fsp3) is 0.200. The number of ketones is 1. The molecule has 1 saturated heterocycles. The summed E-state index contributed by atoms with van der Waals surface area (Å²) in [7, 11) is 0. The number of amides is 2. The maximum absolute atomic E-state index is 14.5. The molecular weight excluding hydrogens is 604 g/mol. The van der Waals surface area contributed by atoms with Crippen molar-refractivity contribution in [2.24, 2.45) is 11.8 Å². The molecule has 2 bridgehead atoms. The number of Topliss-reactive ketones (excluding diaryl/α,β-unsaturated/α-hetero) is 1. The monoisotopic (exact) mass is 627 g/mol. The molecule has 4 aromatic rings. The van der Waals surface area contributed by atoms with E-state index in [1.807, 2.05) is 48.5 Å². The molecule has 1 fully saturated rings. The van der Waals surface area contributed by atoms with E-state index in [0.29, 0.717) is 27.8 Å². The molecule has 4 aromatic carbocycles. The maximum atomic E-state index is 14.5. The van der Waals surface area contributed by atoms with Gasteiger partial charge >= 0.3 is 5.97 Å². The summed E-state index contributed by atoms with van der Waals surface area (Å²) in [5, 5.41) is 0. The maximum Gasteiger partial charge on any atom is 0.330 e. The summed E-state index contributed by atoms with van der Waals surface area (Å²) in [6.07, 6.45) is -0.0498. The number of carbonyl (C=O) groups is 4. The molecule has 3 aliphatic carbocycles. The number of imide groups is 1. The predicted molar refractivity (Wildman–Crippen MR) is 161 cm³/mol. The summed E-state index contributed by atoms with van der Waals surface area (Å²) in [5.41, 5.74) is 3.40. The predicted octanol–water partition coefficient (Wildman–Crippen LogP) is 5.76. The fourth-order valence-electron chi connectivity index (χ4n) is 7.07. The van der Waals surface area contributed by atoms with Crippen molar-refractivity contribution in [2.75, 3.05) is 6.61 Å². The number of alkyl halides is 2. The number of likely N-dealkylation sites (tertiary alicyclic amines) is 1. The molecule has 0 N–H and O–H groups in total. The van der Waals surface area contributed by atoms with Crippen LogP contribution in [0.4, 0.5) is 4.39 Å². The van der Waals surface area contributed by atoms with Crippen LogP contribution in [-0.4, -0.2) is 41.1 Å². The third-order valence-electron chi connectivity index (χ3n) is 8.99. The van der Waals surface area contributed by atoms with E-state index in [0.717, 1.165) is 17.0 Å². The second-order valence-corrected chi connectivity index (χ2v) is 12.5. The van der Waals surface area contributed by atoms with E-state index in [9.17, 15) is 23.6 Å². The van der Waals surface area contributed by atoms with Crippen molar-refractivity contribution in [1.82, 2.24) is 4.90 Å². The van der Waals surface area contributed by atoms with Gasteiger partial charge in [0.05, 0.1) is 11.8 Å². The lowest BCUT2D eigenvalue weighted by molar-refractivity contribution is -0.158. The molecule has 6 nitrogen and oxygen atoms in total. The molecule has 3 atom stereocenters. The average molecular weight is 628 g/mol. The van der Waals surface area contributed by atoms with Crippen molar-refractivity contribution in [3.8, 4) is 0 Å². The van der Waals surface area contributed by atoms with Gasteiger partial charge < -0.3 is 4.74 Å². The lowest BCUT2D eigenvalue weighted by Crippen LogP contribution is -2.57. The zero-order valence-electron chi connectivity index (χ0n) is 23.1. The molecule has 220 valence electrons. The normalized spacial score (nSPS) is 25.2. The van der Waals surface area contributed by atoms with Crippen LogP contribution < -0.4 is 0 Å². The lowest BCUT2D eigenvalue weighted by atomic mass is 9.54. The van der Waals surface area contributed by atoms with Crippen LogP contribution in [-0.2, 0) is 35.3 Å². The number of nitrogens with zero attached hydrogens (tertiary/aromatic N) is 1. The molecule has 2 amide bonds. The highest BCUT2D eigenvalue weighted by Gasteiger charge is 2.73. The number of rotatable bonds is 7. The van der Waals surface area contributed by atoms with Gasteiger partial charge in [0.15, 0.2) is 12.4 Å². The molecule has 44 heavy (non-hydrogen) atoms. The highest BCUT2D eigenvalue weighted by atomic mass is 35.5. The smallest absolute Gasteiger partial charge is 0.330 e. The van der Waals surface area contributed by atoms with Gasteiger partial charge in [-0.3, -0.25) is 19.3 Å². The van der Waals surface area contributed by atoms with Gasteiger partial charge in [0, 0.05) is 12.0 Å². The number of ether oxygens (including phenoxy) is 1. The Morgan fingerprint density at radius 2 is 1.18 bits per heavy atom. The molecule has 0 unspecified atom stereocenters. The first-order chi connectivity index (χ1) is 21.2. The van der Waals surface area contributed by atoms with Gasteiger partial charge in [-0.05, 0) is 52.1 Å². The van der Waals surface area contributed by atoms with Crippen molar-refractivity contribution in [3.05, 3.63) is 142 Å². The Morgan fingerprint density at radius 3 is 1.66 bits per heavy atom. The zero-order chi connectivity index (χ0) is 30.8. The summed E-state index contributed by atoms with van der Waals surface area (Å²) in [5.74, 6) is -5.45. The van der Waals surface area contributed by atoms with Gasteiger partial charge in [-0.2, -0.15) is 0 Å². The first-order valence-electron chi connectivity index (χ1n) is 14.1. The number of benzene rings is 4. The number of hydrogen-bond acceptors (Lipinski definition) is 5. The van der Waals surface area contributed by atoms with Gasteiger partial charge in [0.25, 0.3) is 0 Å². The van der Waals surface area contributed by atoms with Crippen molar-refractivity contribution in [3.63, 3.8) is 0 Å². The van der Waals surface area contributed by atoms with Gasteiger partial charge in [0.2, 0.25) is 11.8 Å². The van der Waals surface area contributed by atoms with Crippen LogP contribution in [0, 0.1) is 17.7 Å².